The second kappa shape index (κ2) is 3.81. The zero-order valence-electron chi connectivity index (χ0n) is 9.27. The maximum Gasteiger partial charge on any atom is 0.259 e. The van der Waals surface area contributed by atoms with Gasteiger partial charge in [-0.05, 0) is 30.7 Å². The van der Waals surface area contributed by atoms with Gasteiger partial charge in [0.1, 0.15) is 0 Å². The average Bonchev–Trinajstić information content (AvgIpc) is 2.26. The lowest BCUT2D eigenvalue weighted by Crippen LogP contribution is -2.17. The second-order valence-electron chi connectivity index (χ2n) is 3.76. The zero-order valence-corrected chi connectivity index (χ0v) is 9.27. The Hall–Kier alpha value is -2.10. The molecule has 2 heterocycles. The first kappa shape index (κ1) is 10.4. The van der Waals surface area contributed by atoms with Crippen molar-refractivity contribution < 1.29 is 0 Å². The summed E-state index contributed by atoms with van der Waals surface area (Å²) in [6, 6.07) is 5.41. The first-order valence-electron chi connectivity index (χ1n) is 4.97. The lowest BCUT2D eigenvalue weighted by molar-refractivity contribution is 0.862. The highest BCUT2D eigenvalue weighted by molar-refractivity contribution is 5.61. The summed E-state index contributed by atoms with van der Waals surface area (Å²) in [5, 5.41) is 0. The number of hydrogen-bond acceptors (Lipinski definition) is 3. The van der Waals surface area contributed by atoms with Crippen LogP contribution in [-0.4, -0.2) is 9.55 Å². The number of nitrogens with two attached hydrogens (primary N) is 1. The van der Waals surface area contributed by atoms with Crippen LogP contribution in [0.25, 0.3) is 11.3 Å². The molecule has 4 heteroatoms. The van der Waals surface area contributed by atoms with Gasteiger partial charge in [-0.3, -0.25) is 9.78 Å². The summed E-state index contributed by atoms with van der Waals surface area (Å²) in [6.07, 6.45) is 3.30. The smallest absolute Gasteiger partial charge is 0.259 e. The molecule has 82 valence electrons. The van der Waals surface area contributed by atoms with E-state index in [4.69, 9.17) is 5.73 Å². The molecule has 0 aliphatic heterocycles. The van der Waals surface area contributed by atoms with Crippen LogP contribution in [0.2, 0.25) is 0 Å². The van der Waals surface area contributed by atoms with Crippen molar-refractivity contribution in [3.63, 3.8) is 0 Å². The Morgan fingerprint density at radius 1 is 1.44 bits per heavy atom. The number of aromatic nitrogens is 2. The van der Waals surface area contributed by atoms with Gasteiger partial charge in [-0.1, -0.05) is 0 Å². The molecule has 0 saturated carbocycles. The summed E-state index contributed by atoms with van der Waals surface area (Å²) >= 11 is 0. The van der Waals surface area contributed by atoms with E-state index < -0.39 is 0 Å². The van der Waals surface area contributed by atoms with E-state index in [1.165, 1.54) is 4.57 Å². The van der Waals surface area contributed by atoms with Crippen LogP contribution >= 0.6 is 0 Å². The molecule has 0 amide bonds. The van der Waals surface area contributed by atoms with Crippen LogP contribution in [0.3, 0.4) is 0 Å². The predicted octanol–water partition coefficient (Wildman–Crippen LogP) is 1.34. The third kappa shape index (κ3) is 1.69. The minimum atomic E-state index is -0.0563. The fourth-order valence-corrected chi connectivity index (χ4v) is 1.51. The van der Waals surface area contributed by atoms with Crippen molar-refractivity contribution in [2.24, 2.45) is 7.05 Å². The quantitative estimate of drug-likeness (QED) is 0.780. The molecule has 0 fully saturated rings. The molecule has 0 atom stereocenters. The van der Waals surface area contributed by atoms with Crippen molar-refractivity contribution in [2.75, 3.05) is 5.73 Å². The molecule has 0 saturated heterocycles. The highest BCUT2D eigenvalue weighted by Gasteiger charge is 2.06. The van der Waals surface area contributed by atoms with E-state index in [-0.39, 0.29) is 5.56 Å². The fraction of sp³-hybridized carbons (Fsp3) is 0.167. The summed E-state index contributed by atoms with van der Waals surface area (Å²) < 4.78 is 1.53. The Morgan fingerprint density at radius 2 is 2.19 bits per heavy atom. The van der Waals surface area contributed by atoms with Crippen molar-refractivity contribution in [1.29, 1.82) is 0 Å². The topological polar surface area (TPSA) is 60.9 Å². The first-order valence-corrected chi connectivity index (χ1v) is 4.97. The molecule has 0 radical (unpaired) electrons. The molecular weight excluding hydrogens is 202 g/mol. The van der Waals surface area contributed by atoms with Gasteiger partial charge in [-0.15, -0.1) is 0 Å². The Bertz CT molecular complexity index is 587. The van der Waals surface area contributed by atoms with E-state index in [0.29, 0.717) is 16.9 Å². The molecular formula is C12H13N3O. The summed E-state index contributed by atoms with van der Waals surface area (Å²) in [5.41, 5.74) is 8.45. The minimum Gasteiger partial charge on any atom is -0.397 e. The van der Waals surface area contributed by atoms with Crippen LogP contribution in [0.15, 0.2) is 35.4 Å². The molecule has 16 heavy (non-hydrogen) atoms. The highest BCUT2D eigenvalue weighted by atomic mass is 16.1. The van der Waals surface area contributed by atoms with Gasteiger partial charge in [0.05, 0.1) is 23.1 Å². The SMILES string of the molecule is Cc1cc(-c2cccn(C)c2=O)ncc1N. The Balaban J connectivity index is 2.64. The number of pyridine rings is 2. The van der Waals surface area contributed by atoms with E-state index in [9.17, 15) is 4.79 Å². The van der Waals surface area contributed by atoms with Gasteiger partial charge in [-0.2, -0.15) is 0 Å². The molecule has 2 N–H and O–H groups in total. The van der Waals surface area contributed by atoms with Gasteiger partial charge in [0.2, 0.25) is 0 Å². The predicted molar refractivity (Wildman–Crippen MR) is 64.1 cm³/mol. The molecule has 2 aromatic rings. The number of hydrogen-bond donors (Lipinski definition) is 1. The first-order chi connectivity index (χ1) is 7.59. The van der Waals surface area contributed by atoms with Crippen LogP contribution in [0.1, 0.15) is 5.56 Å². The van der Waals surface area contributed by atoms with Crippen LogP contribution in [0, 0.1) is 6.92 Å². The van der Waals surface area contributed by atoms with Crippen LogP contribution in [0.4, 0.5) is 5.69 Å². The van der Waals surface area contributed by atoms with Gasteiger partial charge in [0.15, 0.2) is 0 Å². The Morgan fingerprint density at radius 3 is 2.88 bits per heavy atom. The van der Waals surface area contributed by atoms with Crippen LogP contribution < -0.4 is 11.3 Å². The number of aryl methyl sites for hydroxylation is 2. The van der Waals surface area contributed by atoms with Gasteiger partial charge in [0.25, 0.3) is 5.56 Å². The van der Waals surface area contributed by atoms with E-state index in [1.807, 2.05) is 19.1 Å². The molecule has 0 aliphatic carbocycles. The zero-order chi connectivity index (χ0) is 11.7. The van der Waals surface area contributed by atoms with E-state index in [0.717, 1.165) is 5.56 Å². The third-order valence-electron chi connectivity index (χ3n) is 2.55. The van der Waals surface area contributed by atoms with Crippen molar-refractivity contribution in [3.8, 4) is 11.3 Å². The molecule has 2 aromatic heterocycles. The molecule has 0 spiro atoms. The minimum absolute atomic E-state index is 0.0563. The molecule has 0 unspecified atom stereocenters. The van der Waals surface area contributed by atoms with Crippen molar-refractivity contribution in [3.05, 3.63) is 46.5 Å². The molecule has 0 aliphatic rings. The summed E-state index contributed by atoms with van der Waals surface area (Å²) in [4.78, 5) is 16.0. The number of anilines is 1. The van der Waals surface area contributed by atoms with Gasteiger partial charge in [0, 0.05) is 13.2 Å². The fourth-order valence-electron chi connectivity index (χ4n) is 1.51. The lowest BCUT2D eigenvalue weighted by Gasteiger charge is -2.05. The maximum atomic E-state index is 11.9. The average molecular weight is 215 g/mol. The van der Waals surface area contributed by atoms with Crippen molar-refractivity contribution in [2.45, 2.75) is 6.92 Å². The standard InChI is InChI=1S/C12H13N3O/c1-8-6-11(14-7-10(8)13)9-4-3-5-15(2)12(9)16/h3-7H,13H2,1-2H3. The van der Waals surface area contributed by atoms with E-state index in [2.05, 4.69) is 4.98 Å². The van der Waals surface area contributed by atoms with Crippen molar-refractivity contribution in [1.82, 2.24) is 9.55 Å². The number of nitrogens with zero attached hydrogens (tertiary/aromatic N) is 2. The normalized spacial score (nSPS) is 10.4. The highest BCUT2D eigenvalue weighted by Crippen LogP contribution is 2.17. The van der Waals surface area contributed by atoms with E-state index in [1.54, 1.807) is 25.5 Å². The molecule has 2 rings (SSSR count). The van der Waals surface area contributed by atoms with Gasteiger partial charge < -0.3 is 10.3 Å². The Kier molecular flexibility index (Phi) is 2.48. The maximum absolute atomic E-state index is 11.9. The summed E-state index contributed by atoms with van der Waals surface area (Å²) in [5.74, 6) is 0. The molecule has 0 bridgehead atoms. The largest absolute Gasteiger partial charge is 0.397 e. The van der Waals surface area contributed by atoms with Crippen molar-refractivity contribution >= 4 is 5.69 Å². The summed E-state index contributed by atoms with van der Waals surface area (Å²) in [6.45, 7) is 1.90. The third-order valence-corrected chi connectivity index (χ3v) is 2.55. The van der Waals surface area contributed by atoms with E-state index >= 15 is 0 Å². The van der Waals surface area contributed by atoms with Gasteiger partial charge in [-0.25, -0.2) is 0 Å². The Labute approximate surface area is 93.4 Å². The monoisotopic (exact) mass is 215 g/mol. The molecule has 0 aromatic carbocycles. The molecule has 4 nitrogen and oxygen atoms in total. The second-order valence-corrected chi connectivity index (χ2v) is 3.76. The lowest BCUT2D eigenvalue weighted by atomic mass is 10.1. The summed E-state index contributed by atoms with van der Waals surface area (Å²) in [7, 11) is 1.72. The number of nitrogen functional groups attached to an aromatic ring is 1. The number of rotatable bonds is 1. The van der Waals surface area contributed by atoms with Crippen LogP contribution in [-0.2, 0) is 7.05 Å². The van der Waals surface area contributed by atoms with Crippen LogP contribution in [0.5, 0.6) is 0 Å². The van der Waals surface area contributed by atoms with Gasteiger partial charge >= 0.3 is 0 Å².